The van der Waals surface area contributed by atoms with Crippen molar-refractivity contribution in [3.63, 3.8) is 0 Å². The quantitative estimate of drug-likeness (QED) is 0.698. The minimum Gasteiger partial charge on any atom is -0.302 e. The van der Waals surface area contributed by atoms with Crippen LogP contribution >= 0.6 is 24.4 Å². The summed E-state index contributed by atoms with van der Waals surface area (Å²) in [7, 11) is 2.26. The van der Waals surface area contributed by atoms with Crippen LogP contribution in [0.2, 0.25) is 0 Å². The van der Waals surface area contributed by atoms with Crippen LogP contribution in [0.5, 0.6) is 0 Å². The van der Waals surface area contributed by atoms with Crippen molar-refractivity contribution >= 4 is 24.4 Å². The first-order chi connectivity index (χ1) is 7.36. The molecule has 2 atom stereocenters. The molecule has 3 heteroatoms. The normalized spacial score (nSPS) is 16.5. The van der Waals surface area contributed by atoms with E-state index in [-0.39, 0.29) is 0 Å². The Balaban J connectivity index is 4.33. The minimum absolute atomic E-state index is 0.355. The van der Waals surface area contributed by atoms with Crippen LogP contribution in [0, 0.1) is 11.3 Å². The van der Waals surface area contributed by atoms with Crippen LogP contribution < -0.4 is 0 Å². The highest BCUT2D eigenvalue weighted by atomic mass is 32.2. The maximum absolute atomic E-state index is 4.50. The Morgan fingerprint density at radius 2 is 1.88 bits per heavy atom. The Hall–Kier alpha value is 0.660. The number of rotatable bonds is 7. The molecule has 0 radical (unpaired) electrons. The van der Waals surface area contributed by atoms with Gasteiger partial charge in [-0.15, -0.1) is 0 Å². The number of hydrogen-bond acceptors (Lipinski definition) is 3. The molecule has 98 valence electrons. The third-order valence-corrected chi connectivity index (χ3v) is 4.57. The molecule has 0 fully saturated rings. The van der Waals surface area contributed by atoms with Gasteiger partial charge < -0.3 is 4.90 Å². The van der Waals surface area contributed by atoms with E-state index in [1.165, 1.54) is 12.2 Å². The van der Waals surface area contributed by atoms with E-state index in [1.807, 2.05) is 11.8 Å². The highest BCUT2D eigenvalue weighted by Gasteiger charge is 2.26. The first kappa shape index (κ1) is 16.7. The SMILES string of the molecule is CCC(CSC)N(C)CC(CS)C(C)(C)C. The van der Waals surface area contributed by atoms with Crippen LogP contribution in [0.4, 0.5) is 0 Å². The Morgan fingerprint density at radius 1 is 1.31 bits per heavy atom. The number of thiol groups is 1. The average Bonchev–Trinajstić information content (AvgIpc) is 2.20. The largest absolute Gasteiger partial charge is 0.302 e. The molecule has 16 heavy (non-hydrogen) atoms. The van der Waals surface area contributed by atoms with Gasteiger partial charge in [0.25, 0.3) is 0 Å². The van der Waals surface area contributed by atoms with E-state index in [9.17, 15) is 0 Å². The highest BCUT2D eigenvalue weighted by molar-refractivity contribution is 7.98. The molecule has 0 aromatic carbocycles. The number of hydrogen-bond donors (Lipinski definition) is 1. The zero-order valence-corrected chi connectivity index (χ0v) is 13.5. The summed E-state index contributed by atoms with van der Waals surface area (Å²) >= 11 is 6.45. The molecule has 2 unspecified atom stereocenters. The summed E-state index contributed by atoms with van der Waals surface area (Å²) in [5.74, 6) is 2.87. The molecular weight excluding hydrogens is 234 g/mol. The van der Waals surface area contributed by atoms with E-state index in [2.05, 4.69) is 58.5 Å². The Bertz CT molecular complexity index is 177. The summed E-state index contributed by atoms with van der Waals surface area (Å²) in [4.78, 5) is 2.52. The molecule has 0 bridgehead atoms. The third kappa shape index (κ3) is 5.83. The zero-order chi connectivity index (χ0) is 12.8. The second-order valence-corrected chi connectivity index (χ2v) is 6.98. The van der Waals surface area contributed by atoms with Crippen molar-refractivity contribution in [2.75, 3.05) is 31.4 Å². The summed E-state index contributed by atoms with van der Waals surface area (Å²) in [6, 6.07) is 0.708. The van der Waals surface area contributed by atoms with E-state index >= 15 is 0 Å². The van der Waals surface area contributed by atoms with Gasteiger partial charge in [-0.1, -0.05) is 27.7 Å². The van der Waals surface area contributed by atoms with Gasteiger partial charge in [-0.3, -0.25) is 0 Å². The molecule has 0 aromatic rings. The van der Waals surface area contributed by atoms with Gasteiger partial charge in [0.05, 0.1) is 0 Å². The van der Waals surface area contributed by atoms with Gasteiger partial charge >= 0.3 is 0 Å². The first-order valence-electron chi connectivity index (χ1n) is 6.16. The predicted molar refractivity (Wildman–Crippen MR) is 81.9 cm³/mol. The monoisotopic (exact) mass is 263 g/mol. The zero-order valence-electron chi connectivity index (χ0n) is 11.8. The summed E-state index contributed by atoms with van der Waals surface area (Å²) in [5.41, 5.74) is 0.355. The molecule has 0 N–H and O–H groups in total. The predicted octanol–water partition coefficient (Wildman–Crippen LogP) is 3.65. The summed E-state index contributed by atoms with van der Waals surface area (Å²) in [6.07, 6.45) is 3.43. The fourth-order valence-corrected chi connectivity index (χ4v) is 3.39. The maximum Gasteiger partial charge on any atom is 0.0180 e. The standard InChI is InChI=1S/C13H29NS2/c1-7-12(10-16-6)14(5)8-11(9-15)13(2,3)4/h11-12,15H,7-10H2,1-6H3. The molecule has 0 saturated carbocycles. The van der Waals surface area contributed by atoms with Crippen molar-refractivity contribution < 1.29 is 0 Å². The van der Waals surface area contributed by atoms with E-state index in [4.69, 9.17) is 0 Å². The molecule has 0 saturated heterocycles. The number of thioether (sulfide) groups is 1. The molecule has 0 aromatic heterocycles. The molecule has 0 aliphatic carbocycles. The summed E-state index contributed by atoms with van der Waals surface area (Å²) in [6.45, 7) is 10.4. The van der Waals surface area contributed by atoms with Crippen molar-refractivity contribution in [2.45, 2.75) is 40.2 Å². The summed E-state index contributed by atoms with van der Waals surface area (Å²) in [5, 5.41) is 0. The molecule has 0 spiro atoms. The lowest BCUT2D eigenvalue weighted by molar-refractivity contribution is 0.157. The van der Waals surface area contributed by atoms with Gasteiger partial charge in [-0.05, 0) is 36.8 Å². The molecule has 0 aliphatic rings. The topological polar surface area (TPSA) is 3.24 Å². The van der Waals surface area contributed by atoms with Crippen LogP contribution in [0.15, 0.2) is 0 Å². The van der Waals surface area contributed by atoms with Gasteiger partial charge in [0.15, 0.2) is 0 Å². The molecule has 0 heterocycles. The Morgan fingerprint density at radius 3 is 2.19 bits per heavy atom. The summed E-state index contributed by atoms with van der Waals surface area (Å²) < 4.78 is 0. The van der Waals surface area contributed by atoms with Crippen LogP contribution in [0.25, 0.3) is 0 Å². The van der Waals surface area contributed by atoms with Crippen molar-refractivity contribution in [1.29, 1.82) is 0 Å². The van der Waals surface area contributed by atoms with Gasteiger partial charge in [0.1, 0.15) is 0 Å². The maximum atomic E-state index is 4.50. The van der Waals surface area contributed by atoms with Crippen LogP contribution in [0.1, 0.15) is 34.1 Å². The number of nitrogens with zero attached hydrogens (tertiary/aromatic N) is 1. The second kappa shape index (κ2) is 7.88. The lowest BCUT2D eigenvalue weighted by Gasteiger charge is -2.36. The molecule has 0 aliphatic heterocycles. The smallest absolute Gasteiger partial charge is 0.0180 e. The Kier molecular flexibility index (Phi) is 8.21. The van der Waals surface area contributed by atoms with Gasteiger partial charge in [0, 0.05) is 18.3 Å². The van der Waals surface area contributed by atoms with Crippen LogP contribution in [0.3, 0.4) is 0 Å². The lowest BCUT2D eigenvalue weighted by atomic mass is 9.81. The molecule has 0 amide bonds. The van der Waals surface area contributed by atoms with Gasteiger partial charge in [-0.25, -0.2) is 0 Å². The van der Waals surface area contributed by atoms with Gasteiger partial charge in [0.2, 0.25) is 0 Å². The first-order valence-corrected chi connectivity index (χ1v) is 8.19. The van der Waals surface area contributed by atoms with Crippen molar-refractivity contribution in [2.24, 2.45) is 11.3 Å². The van der Waals surface area contributed by atoms with Crippen LogP contribution in [-0.4, -0.2) is 42.3 Å². The van der Waals surface area contributed by atoms with E-state index in [0.29, 0.717) is 17.4 Å². The average molecular weight is 264 g/mol. The van der Waals surface area contributed by atoms with Crippen molar-refractivity contribution in [3.8, 4) is 0 Å². The minimum atomic E-state index is 0.355. The molecule has 1 nitrogen and oxygen atoms in total. The third-order valence-electron chi connectivity index (χ3n) is 3.41. The van der Waals surface area contributed by atoms with Gasteiger partial charge in [-0.2, -0.15) is 24.4 Å². The van der Waals surface area contributed by atoms with Crippen molar-refractivity contribution in [3.05, 3.63) is 0 Å². The highest BCUT2D eigenvalue weighted by Crippen LogP contribution is 2.28. The fourth-order valence-electron chi connectivity index (χ4n) is 1.85. The molecular formula is C13H29NS2. The van der Waals surface area contributed by atoms with Crippen molar-refractivity contribution in [1.82, 2.24) is 4.90 Å². The fraction of sp³-hybridized carbons (Fsp3) is 1.00. The Labute approximate surface area is 112 Å². The second-order valence-electron chi connectivity index (χ2n) is 5.70. The lowest BCUT2D eigenvalue weighted by Crippen LogP contribution is -2.41. The molecule has 0 rings (SSSR count). The van der Waals surface area contributed by atoms with E-state index in [1.54, 1.807) is 0 Å². The van der Waals surface area contributed by atoms with Crippen LogP contribution in [-0.2, 0) is 0 Å². The van der Waals surface area contributed by atoms with E-state index < -0.39 is 0 Å². The van der Waals surface area contributed by atoms with E-state index in [0.717, 1.165) is 12.3 Å².